The van der Waals surface area contributed by atoms with Gasteiger partial charge in [0.2, 0.25) is 0 Å². The van der Waals surface area contributed by atoms with Gasteiger partial charge in [0, 0.05) is 24.2 Å². The Kier molecular flexibility index (Phi) is 3.84. The average molecular weight is 277 g/mol. The zero-order valence-electron chi connectivity index (χ0n) is 12.2. The third kappa shape index (κ3) is 3.38. The van der Waals surface area contributed by atoms with Crippen LogP contribution in [0.1, 0.15) is 11.3 Å². The number of pyridine rings is 1. The lowest BCUT2D eigenvalue weighted by Crippen LogP contribution is -2.18. The van der Waals surface area contributed by atoms with Crippen LogP contribution in [0.5, 0.6) is 0 Å². The van der Waals surface area contributed by atoms with Crippen molar-refractivity contribution < 1.29 is 0 Å². The maximum atomic E-state index is 5.82. The molecule has 1 aromatic heterocycles. The first kappa shape index (κ1) is 13.6. The number of rotatable bonds is 4. The van der Waals surface area contributed by atoms with Gasteiger partial charge < -0.3 is 5.73 Å². The lowest BCUT2D eigenvalue weighted by Gasteiger charge is -2.16. The van der Waals surface area contributed by atoms with Gasteiger partial charge in [0.25, 0.3) is 0 Å². The van der Waals surface area contributed by atoms with Gasteiger partial charge in [-0.3, -0.25) is 9.88 Å². The van der Waals surface area contributed by atoms with E-state index in [1.54, 1.807) is 0 Å². The fourth-order valence-corrected chi connectivity index (χ4v) is 2.53. The fraction of sp³-hybridized carbons (Fsp3) is 0.167. The Balaban J connectivity index is 1.72. The van der Waals surface area contributed by atoms with Crippen LogP contribution in [0.2, 0.25) is 0 Å². The normalized spacial score (nSPS) is 11.1. The molecule has 0 atom stereocenters. The molecule has 0 aliphatic carbocycles. The third-order valence-electron chi connectivity index (χ3n) is 3.49. The summed E-state index contributed by atoms with van der Waals surface area (Å²) in [7, 11) is 2.10. The van der Waals surface area contributed by atoms with Crippen LogP contribution in [-0.2, 0) is 13.1 Å². The SMILES string of the molecule is CN(Cc1cccc(N)c1)Cc1ccc2ccccc2n1. The second-order valence-electron chi connectivity index (χ2n) is 5.41. The molecule has 0 bridgehead atoms. The molecular weight excluding hydrogens is 258 g/mol. The van der Waals surface area contributed by atoms with Crippen molar-refractivity contribution in [3.8, 4) is 0 Å². The number of nitrogens with zero attached hydrogens (tertiary/aromatic N) is 2. The van der Waals surface area contributed by atoms with Crippen LogP contribution in [0, 0.1) is 0 Å². The van der Waals surface area contributed by atoms with E-state index in [0.29, 0.717) is 0 Å². The number of nitrogens with two attached hydrogens (primary N) is 1. The average Bonchev–Trinajstić information content (AvgIpc) is 2.47. The Hall–Kier alpha value is -2.39. The number of anilines is 1. The largest absolute Gasteiger partial charge is 0.399 e. The zero-order chi connectivity index (χ0) is 14.7. The van der Waals surface area contributed by atoms with E-state index >= 15 is 0 Å². The summed E-state index contributed by atoms with van der Waals surface area (Å²) >= 11 is 0. The minimum absolute atomic E-state index is 0.810. The first-order chi connectivity index (χ1) is 10.2. The van der Waals surface area contributed by atoms with Crippen LogP contribution in [0.4, 0.5) is 5.69 Å². The summed E-state index contributed by atoms with van der Waals surface area (Å²) in [6.07, 6.45) is 0. The Bertz CT molecular complexity index is 752. The zero-order valence-corrected chi connectivity index (χ0v) is 12.2. The van der Waals surface area contributed by atoms with E-state index in [1.165, 1.54) is 10.9 Å². The topological polar surface area (TPSA) is 42.1 Å². The second-order valence-corrected chi connectivity index (χ2v) is 5.41. The van der Waals surface area contributed by atoms with E-state index in [-0.39, 0.29) is 0 Å². The summed E-state index contributed by atoms with van der Waals surface area (Å²) < 4.78 is 0. The summed E-state index contributed by atoms with van der Waals surface area (Å²) in [6.45, 7) is 1.68. The number of hydrogen-bond acceptors (Lipinski definition) is 3. The molecule has 0 spiro atoms. The minimum atomic E-state index is 0.810. The highest BCUT2D eigenvalue weighted by Crippen LogP contribution is 2.14. The summed E-state index contributed by atoms with van der Waals surface area (Å²) in [4.78, 5) is 6.95. The molecule has 2 N–H and O–H groups in total. The summed E-state index contributed by atoms with van der Waals surface area (Å²) in [6, 6.07) is 20.4. The minimum Gasteiger partial charge on any atom is -0.399 e. The van der Waals surface area contributed by atoms with Gasteiger partial charge in [-0.2, -0.15) is 0 Å². The molecule has 21 heavy (non-hydrogen) atoms. The van der Waals surface area contributed by atoms with Gasteiger partial charge in [-0.15, -0.1) is 0 Å². The van der Waals surface area contributed by atoms with Crippen molar-refractivity contribution in [3.05, 3.63) is 71.9 Å². The van der Waals surface area contributed by atoms with Crippen molar-refractivity contribution in [1.29, 1.82) is 0 Å². The van der Waals surface area contributed by atoms with E-state index in [2.05, 4.69) is 42.3 Å². The Morgan fingerprint density at radius 1 is 0.952 bits per heavy atom. The van der Waals surface area contributed by atoms with E-state index in [1.807, 2.05) is 30.3 Å². The van der Waals surface area contributed by atoms with Gasteiger partial charge in [0.05, 0.1) is 11.2 Å². The molecule has 3 rings (SSSR count). The van der Waals surface area contributed by atoms with Crippen LogP contribution >= 0.6 is 0 Å². The molecule has 0 aliphatic heterocycles. The molecule has 0 amide bonds. The highest BCUT2D eigenvalue weighted by molar-refractivity contribution is 5.78. The number of para-hydroxylation sites is 1. The maximum Gasteiger partial charge on any atom is 0.0705 e. The smallest absolute Gasteiger partial charge is 0.0705 e. The molecule has 0 radical (unpaired) electrons. The molecule has 3 aromatic rings. The third-order valence-corrected chi connectivity index (χ3v) is 3.49. The molecule has 2 aromatic carbocycles. The molecule has 0 saturated carbocycles. The van der Waals surface area contributed by atoms with Crippen molar-refractivity contribution >= 4 is 16.6 Å². The summed E-state index contributed by atoms with van der Waals surface area (Å²) in [5.74, 6) is 0. The molecule has 106 valence electrons. The molecule has 0 aliphatic rings. The van der Waals surface area contributed by atoms with Gasteiger partial charge in [0.1, 0.15) is 0 Å². The standard InChI is InChI=1S/C18H19N3/c1-21(12-14-5-4-7-16(19)11-14)13-17-10-9-15-6-2-3-8-18(15)20-17/h2-11H,12-13,19H2,1H3. The van der Waals surface area contributed by atoms with Gasteiger partial charge in [0.15, 0.2) is 0 Å². The molecule has 3 heteroatoms. The molecule has 1 heterocycles. The lowest BCUT2D eigenvalue weighted by molar-refractivity contribution is 0.315. The van der Waals surface area contributed by atoms with Gasteiger partial charge in [-0.05, 0) is 36.9 Å². The number of aromatic nitrogens is 1. The quantitative estimate of drug-likeness (QED) is 0.743. The predicted molar refractivity (Wildman–Crippen MR) is 87.8 cm³/mol. The van der Waals surface area contributed by atoms with Crippen LogP contribution in [-0.4, -0.2) is 16.9 Å². The summed E-state index contributed by atoms with van der Waals surface area (Å²) in [5.41, 5.74) is 9.98. The number of hydrogen-bond donors (Lipinski definition) is 1. The molecule has 0 fully saturated rings. The number of benzene rings is 2. The lowest BCUT2D eigenvalue weighted by atomic mass is 10.2. The first-order valence-corrected chi connectivity index (χ1v) is 7.08. The van der Waals surface area contributed by atoms with Crippen LogP contribution in [0.25, 0.3) is 10.9 Å². The van der Waals surface area contributed by atoms with Crippen molar-refractivity contribution in [1.82, 2.24) is 9.88 Å². The molecule has 0 saturated heterocycles. The van der Waals surface area contributed by atoms with Crippen LogP contribution < -0.4 is 5.73 Å². The first-order valence-electron chi connectivity index (χ1n) is 7.08. The number of nitrogen functional groups attached to an aromatic ring is 1. The maximum absolute atomic E-state index is 5.82. The number of fused-ring (bicyclic) bond motifs is 1. The van der Waals surface area contributed by atoms with Gasteiger partial charge >= 0.3 is 0 Å². The van der Waals surface area contributed by atoms with Crippen LogP contribution in [0.3, 0.4) is 0 Å². The molecular formula is C18H19N3. The monoisotopic (exact) mass is 277 g/mol. The summed E-state index contributed by atoms with van der Waals surface area (Å²) in [5, 5.41) is 1.18. The predicted octanol–water partition coefficient (Wildman–Crippen LogP) is 3.45. The fourth-order valence-electron chi connectivity index (χ4n) is 2.53. The highest BCUT2D eigenvalue weighted by Gasteiger charge is 2.04. The van der Waals surface area contributed by atoms with Crippen molar-refractivity contribution in [2.45, 2.75) is 13.1 Å². The Labute approximate surface area is 125 Å². The Morgan fingerprint density at radius 3 is 2.67 bits per heavy atom. The van der Waals surface area contributed by atoms with E-state index in [4.69, 9.17) is 10.7 Å². The highest BCUT2D eigenvalue weighted by atomic mass is 15.1. The van der Waals surface area contributed by atoms with E-state index in [0.717, 1.165) is 30.0 Å². The second kappa shape index (κ2) is 5.94. The van der Waals surface area contributed by atoms with Crippen molar-refractivity contribution in [2.24, 2.45) is 0 Å². The molecule has 3 nitrogen and oxygen atoms in total. The van der Waals surface area contributed by atoms with Gasteiger partial charge in [-0.25, -0.2) is 0 Å². The van der Waals surface area contributed by atoms with Crippen LogP contribution in [0.15, 0.2) is 60.7 Å². The van der Waals surface area contributed by atoms with Gasteiger partial charge in [-0.1, -0.05) is 36.4 Å². The Morgan fingerprint density at radius 2 is 1.81 bits per heavy atom. The molecule has 0 unspecified atom stereocenters. The van der Waals surface area contributed by atoms with E-state index in [9.17, 15) is 0 Å². The van der Waals surface area contributed by atoms with Crippen molar-refractivity contribution in [2.75, 3.05) is 12.8 Å². The van der Waals surface area contributed by atoms with E-state index < -0.39 is 0 Å². The van der Waals surface area contributed by atoms with Crippen molar-refractivity contribution in [3.63, 3.8) is 0 Å².